The molecular weight excluding hydrogens is 575 g/mol. The number of hydrogen-bond donors (Lipinski definition) is 3. The second kappa shape index (κ2) is 17.0. The Kier molecular flexibility index (Phi) is 12.6. The molecule has 0 aliphatic heterocycles. The second-order valence-electron chi connectivity index (χ2n) is 10.5. The Labute approximate surface area is 259 Å². The van der Waals surface area contributed by atoms with E-state index in [4.69, 9.17) is 14.2 Å². The van der Waals surface area contributed by atoms with Crippen molar-refractivity contribution in [2.75, 3.05) is 12.8 Å². The van der Waals surface area contributed by atoms with Gasteiger partial charge in [0.25, 0.3) is 0 Å². The van der Waals surface area contributed by atoms with Crippen molar-refractivity contribution >= 4 is 19.5 Å². The van der Waals surface area contributed by atoms with E-state index in [2.05, 4.69) is 10.6 Å². The van der Waals surface area contributed by atoms with Crippen LogP contribution in [0.15, 0.2) is 115 Å². The lowest BCUT2D eigenvalue weighted by Crippen LogP contribution is -2.46. The molecule has 0 spiro atoms. The Morgan fingerprint density at radius 2 is 1.20 bits per heavy atom. The lowest BCUT2D eigenvalue weighted by Gasteiger charge is -2.24. The zero-order valence-corrected chi connectivity index (χ0v) is 25.5. The van der Waals surface area contributed by atoms with E-state index in [9.17, 15) is 14.2 Å². The standard InChI is InChI=1S/C35H39N2O6P/c38-34(39)20-12-1-2-13-25-36-35(40)33(26-28-21-23-30(24-22-28)29-14-6-3-7-15-29)37-27-44(41,42-31-16-8-4-9-17-31)43-32-18-10-5-11-19-32/h3-11,14-19,21-24,33,37H,1-2,12-13,20,25-27H2,(H,36,40)(H,38,39)/t33-/m0/s1. The van der Waals surface area contributed by atoms with Crippen LogP contribution in [0.2, 0.25) is 0 Å². The van der Waals surface area contributed by atoms with E-state index in [1.54, 1.807) is 48.5 Å². The van der Waals surface area contributed by atoms with Crippen LogP contribution in [0.1, 0.15) is 37.7 Å². The molecule has 0 bridgehead atoms. The van der Waals surface area contributed by atoms with Gasteiger partial charge in [0, 0.05) is 13.0 Å². The van der Waals surface area contributed by atoms with E-state index in [1.165, 1.54) is 0 Å². The summed E-state index contributed by atoms with van der Waals surface area (Å²) in [4.78, 5) is 24.2. The molecule has 4 aromatic rings. The lowest BCUT2D eigenvalue weighted by atomic mass is 10.0. The van der Waals surface area contributed by atoms with Crippen LogP contribution in [0.25, 0.3) is 11.1 Å². The topological polar surface area (TPSA) is 114 Å². The number of carbonyl (C=O) groups excluding carboxylic acids is 1. The summed E-state index contributed by atoms with van der Waals surface area (Å²) in [5.74, 6) is -0.231. The van der Waals surface area contributed by atoms with E-state index in [1.807, 2.05) is 66.7 Å². The first-order chi connectivity index (χ1) is 21.4. The van der Waals surface area contributed by atoms with Crippen molar-refractivity contribution in [1.29, 1.82) is 0 Å². The highest BCUT2D eigenvalue weighted by Gasteiger charge is 2.31. The van der Waals surface area contributed by atoms with Crippen LogP contribution in [0.3, 0.4) is 0 Å². The van der Waals surface area contributed by atoms with E-state index >= 15 is 0 Å². The molecule has 9 heteroatoms. The fourth-order valence-corrected chi connectivity index (χ4v) is 6.13. The second-order valence-corrected chi connectivity index (χ2v) is 12.4. The molecule has 44 heavy (non-hydrogen) atoms. The van der Waals surface area contributed by atoms with Crippen molar-refractivity contribution in [3.05, 3.63) is 121 Å². The maximum atomic E-state index is 14.1. The summed E-state index contributed by atoms with van der Waals surface area (Å²) in [6.07, 6.45) is 3.26. The zero-order valence-electron chi connectivity index (χ0n) is 24.6. The summed E-state index contributed by atoms with van der Waals surface area (Å²) in [7, 11) is -3.80. The van der Waals surface area contributed by atoms with Gasteiger partial charge >= 0.3 is 13.6 Å². The number of amides is 1. The third-order valence-electron chi connectivity index (χ3n) is 6.94. The minimum atomic E-state index is -3.80. The van der Waals surface area contributed by atoms with E-state index in [-0.39, 0.29) is 18.6 Å². The quantitative estimate of drug-likeness (QED) is 0.0795. The largest absolute Gasteiger partial charge is 0.481 e. The van der Waals surface area contributed by atoms with Crippen molar-refractivity contribution in [2.24, 2.45) is 0 Å². The van der Waals surface area contributed by atoms with Gasteiger partial charge in [0.1, 0.15) is 17.8 Å². The molecule has 4 rings (SSSR count). The highest BCUT2D eigenvalue weighted by atomic mass is 31.2. The number of carboxylic acids is 1. The smallest absolute Gasteiger partial charge is 0.444 e. The molecule has 0 aromatic heterocycles. The SMILES string of the molecule is O=C(O)CCCCCCNC(=O)[C@H](Cc1ccc(-c2ccccc2)cc1)NCP(=O)(Oc1ccccc1)Oc1ccccc1. The molecule has 0 aliphatic carbocycles. The van der Waals surface area contributed by atoms with E-state index in [0.717, 1.165) is 36.0 Å². The van der Waals surface area contributed by atoms with Crippen LogP contribution in [0.4, 0.5) is 0 Å². The Balaban J connectivity index is 1.45. The molecule has 8 nitrogen and oxygen atoms in total. The van der Waals surface area contributed by atoms with Gasteiger partial charge in [0.05, 0.1) is 6.04 Å². The van der Waals surface area contributed by atoms with Crippen LogP contribution in [0, 0.1) is 0 Å². The van der Waals surface area contributed by atoms with Crippen molar-refractivity contribution in [2.45, 2.75) is 44.6 Å². The summed E-state index contributed by atoms with van der Waals surface area (Å²) < 4.78 is 25.9. The molecular formula is C35H39N2O6P. The summed E-state index contributed by atoms with van der Waals surface area (Å²) in [5.41, 5.74) is 3.11. The summed E-state index contributed by atoms with van der Waals surface area (Å²) in [5, 5.41) is 15.0. The monoisotopic (exact) mass is 614 g/mol. The number of rotatable bonds is 18. The van der Waals surface area contributed by atoms with Gasteiger partial charge in [-0.3, -0.25) is 14.9 Å². The highest BCUT2D eigenvalue weighted by molar-refractivity contribution is 7.54. The highest BCUT2D eigenvalue weighted by Crippen LogP contribution is 2.47. The van der Waals surface area contributed by atoms with Crippen LogP contribution in [-0.4, -0.2) is 35.9 Å². The zero-order chi connectivity index (χ0) is 31.0. The van der Waals surface area contributed by atoms with Crippen LogP contribution < -0.4 is 19.7 Å². The maximum absolute atomic E-state index is 14.1. The predicted molar refractivity (Wildman–Crippen MR) is 173 cm³/mol. The minimum absolute atomic E-state index is 0.150. The number of carbonyl (C=O) groups is 2. The Hall–Kier alpha value is -4.39. The van der Waals surface area contributed by atoms with E-state index in [0.29, 0.717) is 30.9 Å². The molecule has 3 N–H and O–H groups in total. The molecule has 230 valence electrons. The van der Waals surface area contributed by atoms with Gasteiger partial charge in [-0.25, -0.2) is 4.57 Å². The van der Waals surface area contributed by atoms with Crippen molar-refractivity contribution in [3.8, 4) is 22.6 Å². The van der Waals surface area contributed by atoms with Gasteiger partial charge in [-0.1, -0.05) is 104 Å². The molecule has 0 heterocycles. The summed E-state index contributed by atoms with van der Waals surface area (Å²) in [6.45, 7) is 0.454. The number of hydrogen-bond acceptors (Lipinski definition) is 6. The Morgan fingerprint density at radius 3 is 1.77 bits per heavy atom. The first-order valence-electron chi connectivity index (χ1n) is 14.9. The third-order valence-corrected chi connectivity index (χ3v) is 8.49. The van der Waals surface area contributed by atoms with Crippen molar-refractivity contribution in [1.82, 2.24) is 10.6 Å². The van der Waals surface area contributed by atoms with Gasteiger partial charge in [-0.15, -0.1) is 0 Å². The number of unbranched alkanes of at least 4 members (excludes halogenated alkanes) is 3. The minimum Gasteiger partial charge on any atom is -0.481 e. The third kappa shape index (κ3) is 11.0. The molecule has 0 fully saturated rings. The molecule has 0 saturated carbocycles. The van der Waals surface area contributed by atoms with Crippen molar-refractivity contribution in [3.63, 3.8) is 0 Å². The average molecular weight is 615 g/mol. The predicted octanol–water partition coefficient (Wildman–Crippen LogP) is 7.31. The van der Waals surface area contributed by atoms with Gasteiger partial charge in [-0.05, 0) is 60.2 Å². The molecule has 0 radical (unpaired) electrons. The molecule has 1 amide bonds. The number of nitrogens with one attached hydrogen (secondary N) is 2. The normalized spacial score (nSPS) is 11.8. The molecule has 0 unspecified atom stereocenters. The van der Waals surface area contributed by atoms with Gasteiger partial charge in [0.15, 0.2) is 0 Å². The maximum Gasteiger partial charge on any atom is 0.444 e. The average Bonchev–Trinajstić information content (AvgIpc) is 3.04. The molecule has 4 aromatic carbocycles. The number of carboxylic acid groups (broad SMARTS) is 1. The van der Waals surface area contributed by atoms with E-state index < -0.39 is 19.6 Å². The van der Waals surface area contributed by atoms with Crippen LogP contribution >= 0.6 is 7.60 Å². The summed E-state index contributed by atoms with van der Waals surface area (Å²) in [6, 6.07) is 35.0. The van der Waals surface area contributed by atoms with Gasteiger partial charge < -0.3 is 19.5 Å². The summed E-state index contributed by atoms with van der Waals surface area (Å²) >= 11 is 0. The molecule has 1 atom stereocenters. The van der Waals surface area contributed by atoms with Gasteiger partial charge in [-0.2, -0.15) is 0 Å². The number of benzene rings is 4. The Morgan fingerprint density at radius 1 is 0.682 bits per heavy atom. The first kappa shape index (κ1) is 32.5. The fraction of sp³-hybridized carbons (Fsp3) is 0.257. The van der Waals surface area contributed by atoms with Crippen LogP contribution in [-0.2, 0) is 20.6 Å². The molecule has 0 aliphatic rings. The lowest BCUT2D eigenvalue weighted by molar-refractivity contribution is -0.137. The first-order valence-corrected chi connectivity index (χ1v) is 16.6. The number of para-hydroxylation sites is 2. The number of aliphatic carboxylic acids is 1. The molecule has 0 saturated heterocycles. The van der Waals surface area contributed by atoms with Crippen molar-refractivity contribution < 1.29 is 28.3 Å². The van der Waals surface area contributed by atoms with Gasteiger partial charge in [0.2, 0.25) is 5.91 Å². The Bertz CT molecular complexity index is 1440. The van der Waals surface area contributed by atoms with Crippen LogP contribution in [0.5, 0.6) is 11.5 Å². The fourth-order valence-electron chi connectivity index (χ4n) is 4.64.